The Bertz CT molecular complexity index is 527. The third-order valence-corrected chi connectivity index (χ3v) is 3.41. The average molecular weight is 306 g/mol. The van der Waals surface area contributed by atoms with Crippen LogP contribution in [0.4, 0.5) is 10.2 Å². The minimum absolute atomic E-state index is 0. The highest BCUT2D eigenvalue weighted by Gasteiger charge is 2.09. The van der Waals surface area contributed by atoms with Gasteiger partial charge in [-0.25, -0.2) is 0 Å². The van der Waals surface area contributed by atoms with Gasteiger partial charge in [-0.2, -0.15) is 9.49 Å². The molecule has 2 N–H and O–H groups in total. The molecule has 0 bridgehead atoms. The fraction of sp³-hybridized carbons (Fsp3) is 0.417. The van der Waals surface area contributed by atoms with Crippen LogP contribution in [0.15, 0.2) is 18.2 Å². The summed E-state index contributed by atoms with van der Waals surface area (Å²) in [6, 6.07) is 5.21. The Kier molecular flexibility index (Phi) is 5.78. The van der Waals surface area contributed by atoms with E-state index in [4.69, 9.17) is 0 Å². The smallest absolute Gasteiger partial charge is 0.176 e. The molecule has 19 heavy (non-hydrogen) atoms. The minimum atomic E-state index is -0.185. The molecule has 2 aromatic heterocycles. The Morgan fingerprint density at radius 2 is 2.21 bits per heavy atom. The summed E-state index contributed by atoms with van der Waals surface area (Å²) in [6.45, 7) is 4.50. The molecule has 4 nitrogen and oxygen atoms in total. The molecule has 0 atom stereocenters. The number of aliphatic hydroxyl groups is 1. The average Bonchev–Trinajstić information content (AvgIpc) is 2.92. The Morgan fingerprint density at radius 3 is 2.68 bits per heavy atom. The summed E-state index contributed by atoms with van der Waals surface area (Å²) in [5, 5.41) is 16.5. The van der Waals surface area contributed by atoms with Crippen LogP contribution in [0.2, 0.25) is 0 Å². The van der Waals surface area contributed by atoms with E-state index in [2.05, 4.69) is 10.4 Å². The Balaban J connectivity index is 0.00000180. The van der Waals surface area contributed by atoms with Gasteiger partial charge in [0.05, 0.1) is 18.8 Å². The fourth-order valence-electron chi connectivity index (χ4n) is 1.71. The monoisotopic (exact) mass is 305 g/mol. The van der Waals surface area contributed by atoms with Crippen LogP contribution < -0.4 is 5.32 Å². The molecule has 0 fully saturated rings. The molecule has 0 saturated heterocycles. The molecule has 0 radical (unpaired) electrons. The number of hydrogen-bond donors (Lipinski definition) is 2. The number of nitrogens with one attached hydrogen (secondary N) is 1. The molecule has 2 aromatic rings. The van der Waals surface area contributed by atoms with E-state index in [1.165, 1.54) is 6.07 Å². The summed E-state index contributed by atoms with van der Waals surface area (Å²) in [6.07, 6.45) is 0. The van der Waals surface area contributed by atoms with Crippen molar-refractivity contribution in [3.63, 3.8) is 0 Å². The van der Waals surface area contributed by atoms with Crippen molar-refractivity contribution >= 4 is 29.6 Å². The lowest BCUT2D eigenvalue weighted by molar-refractivity contribution is 0.264. The van der Waals surface area contributed by atoms with Crippen molar-refractivity contribution in [3.05, 3.63) is 33.9 Å². The van der Waals surface area contributed by atoms with Crippen molar-refractivity contribution in [3.8, 4) is 0 Å². The zero-order valence-electron chi connectivity index (χ0n) is 10.8. The lowest BCUT2D eigenvalue weighted by atomic mass is 10.3. The van der Waals surface area contributed by atoms with Crippen molar-refractivity contribution < 1.29 is 9.50 Å². The second-order valence-corrected chi connectivity index (χ2v) is 5.40. The number of hydrogen-bond acceptors (Lipinski definition) is 4. The van der Waals surface area contributed by atoms with Gasteiger partial charge in [0, 0.05) is 17.0 Å². The van der Waals surface area contributed by atoms with Gasteiger partial charge in [0.2, 0.25) is 0 Å². The highest BCUT2D eigenvalue weighted by atomic mass is 35.5. The number of anilines is 1. The zero-order valence-corrected chi connectivity index (χ0v) is 12.4. The summed E-state index contributed by atoms with van der Waals surface area (Å²) in [7, 11) is 0. The van der Waals surface area contributed by atoms with Crippen LogP contribution in [0.5, 0.6) is 0 Å². The molecule has 7 heteroatoms. The number of aromatic nitrogens is 2. The van der Waals surface area contributed by atoms with Crippen LogP contribution >= 0.6 is 23.7 Å². The standard InChI is InChI=1S/C12H16FN3OS.ClH/c1-8(2)16-9(7-17)5-12(15-16)14-6-10-3-4-11(13)18-10;/h3-5,8,17H,6-7H2,1-2H3,(H,14,15);1H. The Labute approximate surface area is 121 Å². The van der Waals surface area contributed by atoms with Crippen molar-refractivity contribution in [2.24, 2.45) is 0 Å². The largest absolute Gasteiger partial charge is 0.390 e. The maximum atomic E-state index is 12.8. The first-order valence-electron chi connectivity index (χ1n) is 5.77. The van der Waals surface area contributed by atoms with Crippen LogP contribution in [-0.2, 0) is 13.2 Å². The summed E-state index contributed by atoms with van der Waals surface area (Å²) < 4.78 is 14.6. The van der Waals surface area contributed by atoms with E-state index in [-0.39, 0.29) is 30.2 Å². The normalized spacial score (nSPS) is 10.6. The van der Waals surface area contributed by atoms with Crippen LogP contribution in [0.1, 0.15) is 30.5 Å². The van der Waals surface area contributed by atoms with Gasteiger partial charge in [0.25, 0.3) is 0 Å². The van der Waals surface area contributed by atoms with Gasteiger partial charge < -0.3 is 10.4 Å². The second kappa shape index (κ2) is 6.88. The van der Waals surface area contributed by atoms with E-state index in [1.807, 2.05) is 19.9 Å². The van der Waals surface area contributed by atoms with Gasteiger partial charge in [-0.1, -0.05) is 0 Å². The molecule has 0 amide bonds. The van der Waals surface area contributed by atoms with Crippen LogP contribution in [0.25, 0.3) is 0 Å². The molecule has 0 aliphatic rings. The first-order valence-corrected chi connectivity index (χ1v) is 6.59. The molecule has 0 aromatic carbocycles. The maximum absolute atomic E-state index is 12.8. The van der Waals surface area contributed by atoms with E-state index in [0.717, 1.165) is 21.9 Å². The van der Waals surface area contributed by atoms with E-state index in [1.54, 1.807) is 10.7 Å². The fourth-order valence-corrected chi connectivity index (χ4v) is 2.38. The Morgan fingerprint density at radius 1 is 1.47 bits per heavy atom. The SMILES string of the molecule is CC(C)n1nc(NCc2ccc(F)s2)cc1CO.Cl. The van der Waals surface area contributed by atoms with Crippen LogP contribution in [-0.4, -0.2) is 14.9 Å². The van der Waals surface area contributed by atoms with Crippen molar-refractivity contribution in [1.29, 1.82) is 0 Å². The first kappa shape index (κ1) is 15.9. The summed E-state index contributed by atoms with van der Waals surface area (Å²) >= 11 is 1.12. The minimum Gasteiger partial charge on any atom is -0.390 e. The van der Waals surface area contributed by atoms with Gasteiger partial charge in [0.1, 0.15) is 5.82 Å². The molecule has 0 aliphatic heterocycles. The van der Waals surface area contributed by atoms with Crippen molar-refractivity contribution in [1.82, 2.24) is 9.78 Å². The molecule has 2 heterocycles. The van der Waals surface area contributed by atoms with Crippen LogP contribution in [0, 0.1) is 5.13 Å². The number of thiophene rings is 1. The topological polar surface area (TPSA) is 50.1 Å². The summed E-state index contributed by atoms with van der Waals surface area (Å²) in [4.78, 5) is 0.914. The van der Waals surface area contributed by atoms with Gasteiger partial charge >= 0.3 is 0 Å². The third kappa shape index (κ3) is 3.92. The summed E-state index contributed by atoms with van der Waals surface area (Å²) in [5.41, 5.74) is 0.768. The van der Waals surface area contributed by atoms with Crippen LogP contribution in [0.3, 0.4) is 0 Å². The van der Waals surface area contributed by atoms with E-state index in [9.17, 15) is 9.50 Å². The molecular weight excluding hydrogens is 289 g/mol. The zero-order chi connectivity index (χ0) is 13.1. The maximum Gasteiger partial charge on any atom is 0.176 e. The van der Waals surface area contributed by atoms with E-state index in [0.29, 0.717) is 12.4 Å². The highest BCUT2D eigenvalue weighted by molar-refractivity contribution is 7.10. The molecule has 0 unspecified atom stereocenters. The lowest BCUT2D eigenvalue weighted by Gasteiger charge is -2.08. The van der Waals surface area contributed by atoms with E-state index < -0.39 is 0 Å². The molecule has 2 rings (SSSR count). The number of aliphatic hydroxyl groups excluding tert-OH is 1. The summed E-state index contributed by atoms with van der Waals surface area (Å²) in [5.74, 6) is 0.696. The predicted molar refractivity (Wildman–Crippen MR) is 77.4 cm³/mol. The number of halogens is 2. The second-order valence-electron chi connectivity index (χ2n) is 4.28. The van der Waals surface area contributed by atoms with Gasteiger partial charge in [-0.15, -0.1) is 23.7 Å². The first-order chi connectivity index (χ1) is 8.60. The quantitative estimate of drug-likeness (QED) is 0.892. The number of nitrogens with zero attached hydrogens (tertiary/aromatic N) is 2. The Hall–Kier alpha value is -1.11. The van der Waals surface area contributed by atoms with Gasteiger partial charge in [0.15, 0.2) is 5.13 Å². The molecule has 0 spiro atoms. The lowest BCUT2D eigenvalue weighted by Crippen LogP contribution is -2.07. The molecular formula is C12H17ClFN3OS. The molecule has 106 valence electrons. The predicted octanol–water partition coefficient (Wildman–Crippen LogP) is 3.19. The van der Waals surface area contributed by atoms with Gasteiger partial charge in [-0.3, -0.25) is 4.68 Å². The molecule has 0 aliphatic carbocycles. The highest BCUT2D eigenvalue weighted by Crippen LogP contribution is 2.18. The van der Waals surface area contributed by atoms with E-state index >= 15 is 0 Å². The molecule has 0 saturated carbocycles. The van der Waals surface area contributed by atoms with Crippen molar-refractivity contribution in [2.45, 2.75) is 33.0 Å². The van der Waals surface area contributed by atoms with Crippen molar-refractivity contribution in [2.75, 3.05) is 5.32 Å². The number of rotatable bonds is 5. The third-order valence-electron chi connectivity index (χ3n) is 2.54. The van der Waals surface area contributed by atoms with Gasteiger partial charge in [-0.05, 0) is 26.0 Å².